The Kier molecular flexibility index (Phi) is 5.43. The Morgan fingerprint density at radius 2 is 2.12 bits per heavy atom. The van der Waals surface area contributed by atoms with E-state index in [2.05, 4.69) is 0 Å². The molecule has 25 heavy (non-hydrogen) atoms. The Balaban J connectivity index is 1.72. The van der Waals surface area contributed by atoms with Crippen LogP contribution in [-0.4, -0.2) is 65.1 Å². The molecule has 1 amide bonds. The van der Waals surface area contributed by atoms with Crippen molar-refractivity contribution in [2.75, 3.05) is 26.0 Å². The van der Waals surface area contributed by atoms with Crippen molar-refractivity contribution in [1.82, 2.24) is 4.90 Å². The Hall–Kier alpha value is -1.87. The standard InChI is InChI=1S/C16H20BNO6S/c1-23-11-5-4-10-8-12(17(22)24-15(10)14(11)16(20)21)25-9-13(19)18-6-2-3-7-18/h4-5,12,22H,2-3,6-9H2,1H3,(H,20,21)/t12-/m0/s1. The quantitative estimate of drug-likeness (QED) is 0.754. The van der Waals surface area contributed by atoms with Gasteiger partial charge in [0.1, 0.15) is 17.1 Å². The van der Waals surface area contributed by atoms with Gasteiger partial charge in [-0.3, -0.25) is 4.79 Å². The van der Waals surface area contributed by atoms with Gasteiger partial charge in [0.05, 0.1) is 18.0 Å². The minimum absolute atomic E-state index is 0.0708. The first-order chi connectivity index (χ1) is 12.0. The number of thioether (sulfide) groups is 1. The molecule has 0 unspecified atom stereocenters. The third-order valence-electron chi connectivity index (χ3n) is 4.49. The van der Waals surface area contributed by atoms with Gasteiger partial charge in [-0.25, -0.2) is 4.79 Å². The fraction of sp³-hybridized carbons (Fsp3) is 0.500. The van der Waals surface area contributed by atoms with Gasteiger partial charge in [0, 0.05) is 13.1 Å². The smallest absolute Gasteiger partial charge is 0.534 e. The molecule has 0 spiro atoms. The third kappa shape index (κ3) is 3.72. The van der Waals surface area contributed by atoms with Gasteiger partial charge in [-0.2, -0.15) is 0 Å². The second-order valence-electron chi connectivity index (χ2n) is 6.09. The van der Waals surface area contributed by atoms with Gasteiger partial charge in [-0.1, -0.05) is 6.07 Å². The molecule has 2 N–H and O–H groups in total. The van der Waals surface area contributed by atoms with E-state index in [-0.39, 0.29) is 33.9 Å². The van der Waals surface area contributed by atoms with Gasteiger partial charge in [0.2, 0.25) is 5.91 Å². The molecule has 0 aromatic heterocycles. The predicted octanol–water partition coefficient (Wildman–Crippen LogP) is 1.07. The second-order valence-corrected chi connectivity index (χ2v) is 7.31. The van der Waals surface area contributed by atoms with Crippen LogP contribution in [0.1, 0.15) is 28.8 Å². The molecule has 7 nitrogen and oxygen atoms in total. The first kappa shape index (κ1) is 17.9. The zero-order chi connectivity index (χ0) is 18.0. The van der Waals surface area contributed by atoms with Crippen LogP contribution in [0.2, 0.25) is 0 Å². The van der Waals surface area contributed by atoms with Crippen molar-refractivity contribution in [1.29, 1.82) is 0 Å². The highest BCUT2D eigenvalue weighted by atomic mass is 32.2. The summed E-state index contributed by atoms with van der Waals surface area (Å²) in [5, 5.41) is 19.3. The summed E-state index contributed by atoms with van der Waals surface area (Å²) in [5.41, 5.74) is 0.602. The van der Waals surface area contributed by atoms with Gasteiger partial charge in [0.25, 0.3) is 0 Å². The van der Waals surface area contributed by atoms with Crippen molar-refractivity contribution in [2.24, 2.45) is 0 Å². The summed E-state index contributed by atoms with van der Waals surface area (Å²) in [6.45, 7) is 1.60. The van der Waals surface area contributed by atoms with Crippen LogP contribution in [0.3, 0.4) is 0 Å². The lowest BCUT2D eigenvalue weighted by atomic mass is 9.77. The summed E-state index contributed by atoms with van der Waals surface area (Å²) in [5.74, 6) is -0.490. The first-order valence-electron chi connectivity index (χ1n) is 8.18. The van der Waals surface area contributed by atoms with Crippen LogP contribution in [0.5, 0.6) is 11.5 Å². The van der Waals surface area contributed by atoms with Gasteiger partial charge < -0.3 is 24.4 Å². The molecule has 2 aliphatic heterocycles. The highest BCUT2D eigenvalue weighted by Gasteiger charge is 2.38. The molecule has 3 rings (SSSR count). The van der Waals surface area contributed by atoms with E-state index < -0.39 is 13.1 Å². The van der Waals surface area contributed by atoms with E-state index in [1.165, 1.54) is 18.9 Å². The van der Waals surface area contributed by atoms with Gasteiger partial charge in [-0.05, 0) is 30.9 Å². The third-order valence-corrected chi connectivity index (χ3v) is 5.73. The van der Waals surface area contributed by atoms with E-state index in [0.717, 1.165) is 25.9 Å². The van der Waals surface area contributed by atoms with Crippen molar-refractivity contribution in [3.63, 3.8) is 0 Å². The van der Waals surface area contributed by atoms with E-state index >= 15 is 0 Å². The predicted molar refractivity (Wildman–Crippen MR) is 94.3 cm³/mol. The van der Waals surface area contributed by atoms with E-state index in [1.807, 2.05) is 4.90 Å². The summed E-state index contributed by atoms with van der Waals surface area (Å²) >= 11 is 1.34. The minimum Gasteiger partial charge on any atom is -0.534 e. The number of fused-ring (bicyclic) bond motifs is 1. The average Bonchev–Trinajstić information content (AvgIpc) is 3.13. The van der Waals surface area contributed by atoms with Crippen molar-refractivity contribution in [2.45, 2.75) is 24.4 Å². The van der Waals surface area contributed by atoms with E-state index in [1.54, 1.807) is 12.1 Å². The molecule has 1 saturated heterocycles. The maximum Gasteiger partial charge on any atom is 0.536 e. The molecule has 134 valence electrons. The van der Waals surface area contributed by atoms with Crippen LogP contribution >= 0.6 is 11.8 Å². The SMILES string of the molecule is COc1ccc2c(c1C(=O)O)OB(O)[C@@H](SCC(=O)N1CCCC1)C2. The Morgan fingerprint density at radius 3 is 2.76 bits per heavy atom. The van der Waals surface area contributed by atoms with Crippen molar-refractivity contribution in [3.05, 3.63) is 23.3 Å². The fourth-order valence-electron chi connectivity index (χ4n) is 3.17. The molecule has 1 aromatic carbocycles. The lowest BCUT2D eigenvalue weighted by Gasteiger charge is -2.28. The summed E-state index contributed by atoms with van der Waals surface area (Å²) in [4.78, 5) is 25.5. The number of carboxylic acids is 1. The Morgan fingerprint density at radius 1 is 1.40 bits per heavy atom. The number of amides is 1. The molecule has 0 saturated carbocycles. The summed E-state index contributed by atoms with van der Waals surface area (Å²) in [6, 6.07) is 3.32. The summed E-state index contributed by atoms with van der Waals surface area (Å²) < 4.78 is 10.6. The summed E-state index contributed by atoms with van der Waals surface area (Å²) in [7, 11) is 0.213. The highest BCUT2D eigenvalue weighted by molar-refractivity contribution is 8.01. The number of hydrogen-bond donors (Lipinski definition) is 2. The first-order valence-corrected chi connectivity index (χ1v) is 9.23. The molecule has 1 aromatic rings. The number of aromatic carboxylic acids is 1. The number of ether oxygens (including phenoxy) is 1. The fourth-order valence-corrected chi connectivity index (χ4v) is 4.22. The number of likely N-dealkylation sites (tertiary alicyclic amines) is 1. The lowest BCUT2D eigenvalue weighted by Crippen LogP contribution is -2.42. The molecular formula is C16H20BNO6S. The number of rotatable bonds is 5. The van der Waals surface area contributed by atoms with Gasteiger partial charge in [0.15, 0.2) is 0 Å². The van der Waals surface area contributed by atoms with E-state index in [0.29, 0.717) is 12.0 Å². The monoisotopic (exact) mass is 365 g/mol. The summed E-state index contributed by atoms with van der Waals surface area (Å²) in [6.07, 6.45) is 2.51. The maximum atomic E-state index is 12.2. The number of carbonyl (C=O) groups is 2. The molecule has 0 aliphatic carbocycles. The number of benzene rings is 1. The largest absolute Gasteiger partial charge is 0.536 e. The van der Waals surface area contributed by atoms with Crippen molar-refractivity contribution >= 4 is 30.8 Å². The molecule has 1 fully saturated rings. The van der Waals surface area contributed by atoms with E-state index in [9.17, 15) is 19.7 Å². The molecule has 9 heteroatoms. The Bertz CT molecular complexity index is 679. The van der Waals surface area contributed by atoms with Crippen LogP contribution in [0, 0.1) is 0 Å². The van der Waals surface area contributed by atoms with Crippen LogP contribution in [0.25, 0.3) is 0 Å². The molecule has 1 atom stereocenters. The average molecular weight is 365 g/mol. The molecular weight excluding hydrogens is 345 g/mol. The van der Waals surface area contributed by atoms with Crippen LogP contribution in [0.15, 0.2) is 12.1 Å². The van der Waals surface area contributed by atoms with Crippen molar-refractivity contribution in [3.8, 4) is 11.5 Å². The van der Waals surface area contributed by atoms with Crippen molar-refractivity contribution < 1.29 is 29.1 Å². The second kappa shape index (κ2) is 7.57. The molecule has 2 heterocycles. The van der Waals surface area contributed by atoms with Gasteiger partial charge in [-0.15, -0.1) is 11.8 Å². The molecule has 2 aliphatic rings. The number of hydrogen-bond acceptors (Lipinski definition) is 6. The molecule has 0 bridgehead atoms. The number of methoxy groups -OCH3 is 1. The van der Waals surface area contributed by atoms with Crippen LogP contribution in [0.4, 0.5) is 0 Å². The van der Waals surface area contributed by atoms with Crippen LogP contribution in [-0.2, 0) is 11.2 Å². The van der Waals surface area contributed by atoms with E-state index in [4.69, 9.17) is 9.39 Å². The minimum atomic E-state index is -1.17. The highest BCUT2D eigenvalue weighted by Crippen LogP contribution is 2.38. The maximum absolute atomic E-state index is 12.2. The lowest BCUT2D eigenvalue weighted by molar-refractivity contribution is -0.127. The topological polar surface area (TPSA) is 96.3 Å². The number of nitrogens with zero attached hydrogens (tertiary/aromatic N) is 1. The normalized spacial score (nSPS) is 19.4. The zero-order valence-electron chi connectivity index (χ0n) is 13.9. The molecule has 0 radical (unpaired) electrons. The number of carbonyl (C=O) groups excluding carboxylic acids is 1. The number of carboxylic acid groups (broad SMARTS) is 1. The zero-order valence-corrected chi connectivity index (χ0v) is 14.8. The Labute approximate surface area is 150 Å². The van der Waals surface area contributed by atoms with Gasteiger partial charge >= 0.3 is 13.1 Å². The van der Waals surface area contributed by atoms with Crippen LogP contribution < -0.4 is 9.39 Å².